The minimum Gasteiger partial charge on any atom is -0.469 e. The lowest BCUT2D eigenvalue weighted by Crippen LogP contribution is -2.56. The van der Waals surface area contributed by atoms with Crippen LogP contribution in [0, 0.1) is 45.8 Å². The molecule has 5 fully saturated rings. The molecule has 0 radical (unpaired) electrons. The number of ether oxygens (including phenoxy) is 2. The minimum atomic E-state index is -0.0444. The normalized spacial score (nSPS) is 53.7. The number of esters is 1. The van der Waals surface area contributed by atoms with Crippen LogP contribution in [0.15, 0.2) is 0 Å². The molecule has 0 saturated heterocycles. The van der Waals surface area contributed by atoms with Crippen molar-refractivity contribution in [1.82, 2.24) is 0 Å². The molecule has 5 aliphatic rings. The van der Waals surface area contributed by atoms with E-state index in [2.05, 4.69) is 13.8 Å². The topological polar surface area (TPSA) is 35.5 Å². The Morgan fingerprint density at radius 3 is 2.57 bits per heavy atom. The summed E-state index contributed by atoms with van der Waals surface area (Å²) in [6.45, 7) is 5.26. The van der Waals surface area contributed by atoms with Crippen LogP contribution >= 0.6 is 0 Å². The molecule has 0 heterocycles. The van der Waals surface area contributed by atoms with Gasteiger partial charge in [-0.3, -0.25) is 4.79 Å². The zero-order valence-corrected chi connectivity index (χ0v) is 18.5. The van der Waals surface area contributed by atoms with E-state index in [0.717, 1.165) is 36.0 Å². The van der Waals surface area contributed by atoms with Crippen molar-refractivity contribution in [3.63, 3.8) is 0 Å². The van der Waals surface area contributed by atoms with Gasteiger partial charge in [0.1, 0.15) is 0 Å². The predicted octanol–water partition coefficient (Wildman–Crippen LogP) is 5.61. The Bertz CT molecular complexity index is 646. The monoisotopic (exact) mass is 388 g/mol. The van der Waals surface area contributed by atoms with Gasteiger partial charge in [-0.2, -0.15) is 0 Å². The fourth-order valence-electron chi connectivity index (χ4n) is 9.76. The first kappa shape index (κ1) is 19.4. The van der Waals surface area contributed by atoms with Crippen molar-refractivity contribution < 1.29 is 14.3 Å². The van der Waals surface area contributed by atoms with Crippen molar-refractivity contribution in [3.8, 4) is 0 Å². The second kappa shape index (κ2) is 6.46. The molecule has 9 unspecified atom stereocenters. The Labute approximate surface area is 171 Å². The van der Waals surface area contributed by atoms with Gasteiger partial charge in [0, 0.05) is 18.9 Å². The van der Waals surface area contributed by atoms with Crippen molar-refractivity contribution in [2.45, 2.75) is 90.6 Å². The standard InChI is InChI=1S/C25H40O3/c1-23-12-11-20-18(19(23)9-8-16(23)6-5-7-22(26)28-4)14-21(27-3)25-15-17(25)10-13-24(20,25)2/h16-21H,5-15H2,1-4H3. The molecule has 0 N–H and O–H groups in total. The fourth-order valence-corrected chi connectivity index (χ4v) is 9.76. The molecule has 3 heteroatoms. The molecular formula is C25H40O3. The minimum absolute atomic E-state index is 0.0444. The molecule has 0 bridgehead atoms. The van der Waals surface area contributed by atoms with Crippen molar-refractivity contribution in [1.29, 1.82) is 0 Å². The number of fused-ring (bicyclic) bond motifs is 4. The van der Waals surface area contributed by atoms with Gasteiger partial charge in [-0.15, -0.1) is 0 Å². The molecule has 0 aromatic heterocycles. The number of hydrogen-bond acceptors (Lipinski definition) is 3. The van der Waals surface area contributed by atoms with Crippen LogP contribution in [0.3, 0.4) is 0 Å². The third kappa shape index (κ3) is 2.35. The van der Waals surface area contributed by atoms with Gasteiger partial charge in [0.05, 0.1) is 13.2 Å². The average molecular weight is 389 g/mol. The summed E-state index contributed by atoms with van der Waals surface area (Å²) in [5, 5.41) is 0. The summed E-state index contributed by atoms with van der Waals surface area (Å²) in [7, 11) is 3.49. The number of rotatable bonds is 5. The highest BCUT2D eigenvalue weighted by Gasteiger charge is 2.77. The second-order valence-electron chi connectivity index (χ2n) is 11.5. The van der Waals surface area contributed by atoms with E-state index in [1.165, 1.54) is 64.9 Å². The maximum atomic E-state index is 11.5. The van der Waals surface area contributed by atoms with Crippen LogP contribution in [0.1, 0.15) is 84.5 Å². The lowest BCUT2D eigenvalue weighted by molar-refractivity contribution is -0.159. The Hall–Kier alpha value is -0.570. The van der Waals surface area contributed by atoms with Gasteiger partial charge >= 0.3 is 5.97 Å². The lowest BCUT2D eigenvalue weighted by Gasteiger charge is -2.60. The van der Waals surface area contributed by atoms with Crippen molar-refractivity contribution >= 4 is 5.97 Å². The zero-order chi connectivity index (χ0) is 19.7. The lowest BCUT2D eigenvalue weighted by atomic mass is 9.45. The van der Waals surface area contributed by atoms with E-state index >= 15 is 0 Å². The van der Waals surface area contributed by atoms with Crippen LogP contribution in [0.2, 0.25) is 0 Å². The molecule has 0 aliphatic heterocycles. The quantitative estimate of drug-likeness (QED) is 0.574. The second-order valence-corrected chi connectivity index (χ2v) is 11.5. The Kier molecular flexibility index (Phi) is 4.48. The van der Waals surface area contributed by atoms with E-state index < -0.39 is 0 Å². The summed E-state index contributed by atoms with van der Waals surface area (Å²) < 4.78 is 11.1. The molecular weight excluding hydrogens is 348 g/mol. The van der Waals surface area contributed by atoms with Gasteiger partial charge in [0.2, 0.25) is 0 Å². The highest BCUT2D eigenvalue weighted by Crippen LogP contribution is 2.82. The van der Waals surface area contributed by atoms with E-state index in [4.69, 9.17) is 9.47 Å². The third-order valence-electron chi connectivity index (χ3n) is 11.2. The van der Waals surface area contributed by atoms with Gasteiger partial charge in [-0.25, -0.2) is 0 Å². The van der Waals surface area contributed by atoms with Crippen LogP contribution in [-0.4, -0.2) is 26.3 Å². The number of carbonyl (C=O) groups is 1. The first-order chi connectivity index (χ1) is 13.4. The highest BCUT2D eigenvalue weighted by molar-refractivity contribution is 5.68. The van der Waals surface area contributed by atoms with Gasteiger partial charge in [0.25, 0.3) is 0 Å². The highest BCUT2D eigenvalue weighted by atomic mass is 16.5. The van der Waals surface area contributed by atoms with Crippen LogP contribution < -0.4 is 0 Å². The molecule has 0 aromatic rings. The van der Waals surface area contributed by atoms with E-state index in [1.54, 1.807) is 0 Å². The zero-order valence-electron chi connectivity index (χ0n) is 18.5. The molecule has 3 nitrogen and oxygen atoms in total. The molecule has 0 amide bonds. The van der Waals surface area contributed by atoms with Gasteiger partial charge < -0.3 is 9.47 Å². The first-order valence-corrected chi connectivity index (χ1v) is 12.0. The maximum absolute atomic E-state index is 11.5. The van der Waals surface area contributed by atoms with Gasteiger partial charge in [0.15, 0.2) is 0 Å². The van der Waals surface area contributed by atoms with E-state index in [-0.39, 0.29) is 5.97 Å². The molecule has 158 valence electrons. The first-order valence-electron chi connectivity index (χ1n) is 12.0. The van der Waals surface area contributed by atoms with Gasteiger partial charge in [-0.1, -0.05) is 13.8 Å². The molecule has 0 aromatic carbocycles. The molecule has 1 spiro atoms. The predicted molar refractivity (Wildman–Crippen MR) is 110 cm³/mol. The van der Waals surface area contributed by atoms with Gasteiger partial charge in [-0.05, 0) is 105 Å². The van der Waals surface area contributed by atoms with Crippen molar-refractivity contribution in [3.05, 3.63) is 0 Å². The third-order valence-corrected chi connectivity index (χ3v) is 11.2. The van der Waals surface area contributed by atoms with E-state index in [0.29, 0.717) is 28.8 Å². The average Bonchev–Trinajstić information content (AvgIpc) is 3.22. The van der Waals surface area contributed by atoms with Crippen LogP contribution in [0.4, 0.5) is 0 Å². The molecule has 5 saturated carbocycles. The molecule has 5 rings (SSSR count). The number of carbonyl (C=O) groups excluding carboxylic acids is 1. The van der Waals surface area contributed by atoms with E-state index in [1.807, 2.05) is 7.11 Å². The van der Waals surface area contributed by atoms with Crippen molar-refractivity contribution in [2.24, 2.45) is 45.8 Å². The van der Waals surface area contributed by atoms with E-state index in [9.17, 15) is 4.79 Å². The summed E-state index contributed by atoms with van der Waals surface area (Å²) >= 11 is 0. The molecule has 9 atom stereocenters. The molecule has 5 aliphatic carbocycles. The summed E-state index contributed by atoms with van der Waals surface area (Å²) in [4.78, 5) is 11.5. The van der Waals surface area contributed by atoms with Crippen LogP contribution in [0.25, 0.3) is 0 Å². The Morgan fingerprint density at radius 1 is 1.04 bits per heavy atom. The molecule has 28 heavy (non-hydrogen) atoms. The van der Waals surface area contributed by atoms with Crippen LogP contribution in [0.5, 0.6) is 0 Å². The fraction of sp³-hybridized carbons (Fsp3) is 0.960. The number of methoxy groups -OCH3 is 2. The maximum Gasteiger partial charge on any atom is 0.305 e. The van der Waals surface area contributed by atoms with Crippen LogP contribution in [-0.2, 0) is 14.3 Å². The van der Waals surface area contributed by atoms with Crippen molar-refractivity contribution in [2.75, 3.05) is 14.2 Å². The SMILES string of the molecule is COC(=O)CCCC1CCC2C3CC(OC)C45CC4CCC5(C)C3CCC12C. The largest absolute Gasteiger partial charge is 0.469 e. The summed E-state index contributed by atoms with van der Waals surface area (Å²) in [5.74, 6) is 4.38. The summed E-state index contributed by atoms with van der Waals surface area (Å²) in [6.07, 6.45) is 14.6. The Balaban J connectivity index is 1.35. The Morgan fingerprint density at radius 2 is 1.86 bits per heavy atom. The number of hydrogen-bond donors (Lipinski definition) is 0. The summed E-state index contributed by atoms with van der Waals surface area (Å²) in [6, 6.07) is 0. The summed E-state index contributed by atoms with van der Waals surface area (Å²) in [5.41, 5.74) is 1.55. The smallest absolute Gasteiger partial charge is 0.305 e.